The van der Waals surface area contributed by atoms with Crippen molar-refractivity contribution in [1.29, 1.82) is 0 Å². The third kappa shape index (κ3) is 2.43. The summed E-state index contributed by atoms with van der Waals surface area (Å²) in [6.07, 6.45) is 9.13. The lowest BCUT2D eigenvalue weighted by molar-refractivity contribution is 0.412. The molecule has 5 heteroatoms. The molecule has 21 heavy (non-hydrogen) atoms. The average molecular weight is 317 g/mol. The van der Waals surface area contributed by atoms with Gasteiger partial charge in [-0.25, -0.2) is 4.98 Å². The average Bonchev–Trinajstić information content (AvgIpc) is 3.19. The lowest BCUT2D eigenvalue weighted by Crippen LogP contribution is -2.35. The summed E-state index contributed by atoms with van der Waals surface area (Å²) in [5.74, 6) is 0.629. The van der Waals surface area contributed by atoms with E-state index >= 15 is 0 Å². The highest BCUT2D eigenvalue weighted by atomic mass is 32.1. The van der Waals surface area contributed by atoms with Gasteiger partial charge in [-0.1, -0.05) is 0 Å². The van der Waals surface area contributed by atoms with E-state index in [1.54, 1.807) is 21.8 Å². The van der Waals surface area contributed by atoms with Gasteiger partial charge in [0, 0.05) is 41.0 Å². The molecule has 0 bridgehead atoms. The van der Waals surface area contributed by atoms with Crippen LogP contribution >= 0.6 is 22.7 Å². The van der Waals surface area contributed by atoms with E-state index in [0.717, 1.165) is 11.4 Å². The van der Waals surface area contributed by atoms with Crippen molar-refractivity contribution in [2.75, 3.05) is 7.05 Å². The van der Waals surface area contributed by atoms with Crippen LogP contribution in [0.3, 0.4) is 0 Å². The van der Waals surface area contributed by atoms with Gasteiger partial charge >= 0.3 is 0 Å². The smallest absolute Gasteiger partial charge is 0.193 e. The van der Waals surface area contributed by atoms with Crippen molar-refractivity contribution in [2.45, 2.75) is 37.6 Å². The van der Waals surface area contributed by atoms with Crippen molar-refractivity contribution in [3.63, 3.8) is 0 Å². The van der Waals surface area contributed by atoms with Crippen molar-refractivity contribution in [3.8, 4) is 0 Å². The van der Waals surface area contributed by atoms with E-state index in [1.807, 2.05) is 11.3 Å². The van der Waals surface area contributed by atoms with Gasteiger partial charge in [-0.3, -0.25) is 4.40 Å². The molecule has 0 saturated carbocycles. The third-order valence-corrected chi connectivity index (χ3v) is 6.29. The van der Waals surface area contributed by atoms with Crippen LogP contribution in [0.1, 0.15) is 34.9 Å². The number of hydrogen-bond donors (Lipinski definition) is 1. The van der Waals surface area contributed by atoms with Gasteiger partial charge in [-0.15, -0.1) is 22.7 Å². The summed E-state index contributed by atoms with van der Waals surface area (Å²) < 4.78 is 2.13. The molecule has 1 N–H and O–H groups in total. The van der Waals surface area contributed by atoms with Crippen molar-refractivity contribution in [2.24, 2.45) is 0 Å². The molecule has 0 saturated heterocycles. The van der Waals surface area contributed by atoms with E-state index in [9.17, 15) is 0 Å². The summed E-state index contributed by atoms with van der Waals surface area (Å²) in [7, 11) is 2.09. The van der Waals surface area contributed by atoms with E-state index in [2.05, 4.69) is 46.0 Å². The summed E-state index contributed by atoms with van der Waals surface area (Å²) in [5, 5.41) is 7.88. The first-order valence-corrected chi connectivity index (χ1v) is 9.25. The fourth-order valence-electron chi connectivity index (χ4n) is 3.49. The monoisotopic (exact) mass is 317 g/mol. The van der Waals surface area contributed by atoms with Crippen molar-refractivity contribution < 1.29 is 0 Å². The normalized spacial score (nSPS) is 19.8. The minimum Gasteiger partial charge on any atom is -0.316 e. The maximum absolute atomic E-state index is 4.74. The zero-order chi connectivity index (χ0) is 14.2. The fraction of sp³-hybridized carbons (Fsp3) is 0.438. The molecule has 110 valence electrons. The first-order chi connectivity index (χ1) is 10.3. The predicted molar refractivity (Wildman–Crippen MR) is 89.6 cm³/mol. The van der Waals surface area contributed by atoms with Crippen LogP contribution in [0.15, 0.2) is 29.2 Å². The quantitative estimate of drug-likeness (QED) is 0.795. The lowest BCUT2D eigenvalue weighted by Gasteiger charge is -2.30. The van der Waals surface area contributed by atoms with Crippen LogP contribution in [-0.4, -0.2) is 22.5 Å². The summed E-state index contributed by atoms with van der Waals surface area (Å²) in [5.41, 5.74) is 2.77. The topological polar surface area (TPSA) is 29.3 Å². The second-order valence-electron chi connectivity index (χ2n) is 5.72. The molecule has 4 rings (SSSR count). The number of nitrogens with one attached hydrogen (secondary N) is 1. The molecular formula is C16H19N3S2. The van der Waals surface area contributed by atoms with Crippen LogP contribution in [0.25, 0.3) is 4.96 Å². The highest BCUT2D eigenvalue weighted by molar-refractivity contribution is 7.15. The van der Waals surface area contributed by atoms with Crippen LogP contribution < -0.4 is 5.32 Å². The molecule has 2 atom stereocenters. The van der Waals surface area contributed by atoms with Crippen LogP contribution in [0.4, 0.5) is 0 Å². The first-order valence-electron chi connectivity index (χ1n) is 7.50. The van der Waals surface area contributed by atoms with Gasteiger partial charge in [0.15, 0.2) is 4.96 Å². The maximum atomic E-state index is 4.74. The second-order valence-corrected chi connectivity index (χ2v) is 7.60. The fourth-order valence-corrected chi connectivity index (χ4v) is 5.20. The number of imidazole rings is 1. The Morgan fingerprint density at radius 1 is 1.43 bits per heavy atom. The standard InChI is InChI=1S/C16H19N3S2/c1-17-14(9-11-10-19-6-8-21-16(19)18-11)12-3-2-4-15-13(12)5-7-20-15/h5-8,10,12,14,17H,2-4,9H2,1H3. The van der Waals surface area contributed by atoms with Crippen molar-refractivity contribution in [1.82, 2.24) is 14.7 Å². The molecule has 3 nitrogen and oxygen atoms in total. The van der Waals surface area contributed by atoms with E-state index in [-0.39, 0.29) is 0 Å². The number of fused-ring (bicyclic) bond motifs is 2. The molecule has 3 aromatic heterocycles. The van der Waals surface area contributed by atoms with Crippen molar-refractivity contribution >= 4 is 27.6 Å². The second kappa shape index (κ2) is 5.55. The predicted octanol–water partition coefficient (Wildman–Crippen LogP) is 3.71. The number of thiazole rings is 1. The van der Waals surface area contributed by atoms with Crippen LogP contribution in [0.2, 0.25) is 0 Å². The molecule has 0 aromatic carbocycles. The minimum absolute atomic E-state index is 0.475. The Bertz CT molecular complexity index is 711. The van der Waals surface area contributed by atoms with Crippen LogP contribution in [0, 0.1) is 0 Å². The summed E-state index contributed by atoms with van der Waals surface area (Å²) in [4.78, 5) is 7.43. The number of aryl methyl sites for hydroxylation is 1. The molecule has 3 aromatic rings. The van der Waals surface area contributed by atoms with E-state index in [1.165, 1.54) is 25.0 Å². The number of nitrogens with zero attached hydrogens (tertiary/aromatic N) is 2. The molecule has 0 amide bonds. The number of aromatic nitrogens is 2. The minimum atomic E-state index is 0.475. The Kier molecular flexibility index (Phi) is 3.57. The largest absolute Gasteiger partial charge is 0.316 e. The zero-order valence-corrected chi connectivity index (χ0v) is 13.7. The molecular weight excluding hydrogens is 298 g/mol. The van der Waals surface area contributed by atoms with Gasteiger partial charge in [-0.2, -0.15) is 0 Å². The number of rotatable bonds is 4. The lowest BCUT2D eigenvalue weighted by atomic mass is 9.81. The molecule has 0 radical (unpaired) electrons. The Morgan fingerprint density at radius 2 is 2.38 bits per heavy atom. The maximum Gasteiger partial charge on any atom is 0.193 e. The van der Waals surface area contributed by atoms with Gasteiger partial charge in [0.25, 0.3) is 0 Å². The molecule has 1 aliphatic rings. The zero-order valence-electron chi connectivity index (χ0n) is 12.1. The molecule has 0 spiro atoms. The Morgan fingerprint density at radius 3 is 3.24 bits per heavy atom. The molecule has 0 fully saturated rings. The van der Waals surface area contributed by atoms with E-state index in [0.29, 0.717) is 12.0 Å². The van der Waals surface area contributed by atoms with Crippen LogP contribution in [0.5, 0.6) is 0 Å². The molecule has 2 unspecified atom stereocenters. The third-order valence-electron chi connectivity index (χ3n) is 4.53. The van der Waals surface area contributed by atoms with E-state index in [4.69, 9.17) is 4.98 Å². The number of likely N-dealkylation sites (N-methyl/N-ethyl adjacent to an activating group) is 1. The first kappa shape index (κ1) is 13.5. The van der Waals surface area contributed by atoms with Gasteiger partial charge in [0.2, 0.25) is 0 Å². The summed E-state index contributed by atoms with van der Waals surface area (Å²) >= 11 is 3.62. The van der Waals surface area contributed by atoms with Crippen molar-refractivity contribution in [3.05, 3.63) is 45.4 Å². The van der Waals surface area contributed by atoms with E-state index < -0.39 is 0 Å². The molecule has 3 heterocycles. The summed E-state index contributed by atoms with van der Waals surface area (Å²) in [6.45, 7) is 0. The van der Waals surface area contributed by atoms with Gasteiger partial charge < -0.3 is 5.32 Å². The molecule has 1 aliphatic carbocycles. The van der Waals surface area contributed by atoms with Gasteiger partial charge in [0.05, 0.1) is 5.69 Å². The summed E-state index contributed by atoms with van der Waals surface area (Å²) in [6, 6.07) is 2.81. The highest BCUT2D eigenvalue weighted by Crippen LogP contribution is 2.37. The Labute approximate surface area is 132 Å². The molecule has 0 aliphatic heterocycles. The number of thiophene rings is 1. The Hall–Kier alpha value is -1.17. The van der Waals surface area contributed by atoms with Crippen LogP contribution in [-0.2, 0) is 12.8 Å². The highest BCUT2D eigenvalue weighted by Gasteiger charge is 2.28. The van der Waals surface area contributed by atoms with Gasteiger partial charge in [0.1, 0.15) is 0 Å². The number of hydrogen-bond acceptors (Lipinski definition) is 4. The van der Waals surface area contributed by atoms with Gasteiger partial charge in [-0.05, 0) is 43.3 Å². The Balaban J connectivity index is 1.59. The SMILES string of the molecule is CNC(Cc1cn2ccsc2n1)C1CCCc2sccc21.